The molecule has 0 aromatic rings. The molecule has 44 valence electrons. The van der Waals surface area contributed by atoms with E-state index in [2.05, 4.69) is 24.4 Å². The lowest BCUT2D eigenvalue weighted by Crippen LogP contribution is -1.88. The first-order valence-corrected chi connectivity index (χ1v) is 2.97. The highest BCUT2D eigenvalue weighted by atomic mass is 14.8. The monoisotopic (exact) mass is 109 g/mol. The number of hydrogen-bond acceptors (Lipinski definition) is 1. The molecule has 0 saturated heterocycles. The molecule has 0 bridgehead atoms. The fraction of sp³-hybridized carbons (Fsp3) is 0.429. The molecule has 0 aromatic carbocycles. The van der Waals surface area contributed by atoms with Crippen LogP contribution in [0.5, 0.6) is 0 Å². The van der Waals surface area contributed by atoms with Gasteiger partial charge in [-0.2, -0.15) is 0 Å². The second-order valence-electron chi connectivity index (χ2n) is 2.14. The van der Waals surface area contributed by atoms with E-state index in [1.807, 2.05) is 12.4 Å². The van der Waals surface area contributed by atoms with Crippen LogP contribution in [0.25, 0.3) is 0 Å². The molecule has 0 saturated carbocycles. The summed E-state index contributed by atoms with van der Waals surface area (Å²) in [6, 6.07) is 0. The Morgan fingerprint density at radius 1 is 1.50 bits per heavy atom. The van der Waals surface area contributed by atoms with E-state index in [0.29, 0.717) is 5.92 Å². The predicted molar refractivity (Wildman–Crippen MR) is 35.2 cm³/mol. The second kappa shape index (κ2) is 2.55. The largest absolute Gasteiger partial charge is 0.368 e. The van der Waals surface area contributed by atoms with Crippen molar-refractivity contribution in [2.24, 2.45) is 5.92 Å². The Hall–Kier alpha value is -0.720. The van der Waals surface area contributed by atoms with Gasteiger partial charge in [-0.25, -0.2) is 0 Å². The molecule has 1 unspecified atom stereocenters. The first-order valence-electron chi connectivity index (χ1n) is 2.97. The highest BCUT2D eigenvalue weighted by molar-refractivity contribution is 4.97. The molecular formula is C7H11N. The van der Waals surface area contributed by atoms with Gasteiger partial charge in [-0.1, -0.05) is 19.1 Å². The van der Waals surface area contributed by atoms with Gasteiger partial charge in [-0.05, 0) is 24.7 Å². The number of nitrogens with one attached hydrogen (secondary N) is 1. The van der Waals surface area contributed by atoms with E-state index in [1.54, 1.807) is 0 Å². The van der Waals surface area contributed by atoms with Crippen molar-refractivity contribution in [2.45, 2.75) is 13.3 Å². The molecule has 0 fully saturated rings. The molecule has 8 heavy (non-hydrogen) atoms. The standard InChI is InChI=1S/C7H11N/c1-7-3-2-5-8-6-4-7/h2,4-8H,3H2,1H3. The van der Waals surface area contributed by atoms with E-state index in [9.17, 15) is 0 Å². The molecule has 1 aliphatic heterocycles. The zero-order valence-electron chi connectivity index (χ0n) is 5.09. The Morgan fingerprint density at radius 3 is 3.25 bits per heavy atom. The van der Waals surface area contributed by atoms with Gasteiger partial charge in [0.05, 0.1) is 0 Å². The summed E-state index contributed by atoms with van der Waals surface area (Å²) < 4.78 is 0. The third-order valence-electron chi connectivity index (χ3n) is 1.24. The van der Waals surface area contributed by atoms with Gasteiger partial charge in [0.25, 0.3) is 0 Å². The minimum absolute atomic E-state index is 0.696. The van der Waals surface area contributed by atoms with Crippen molar-refractivity contribution in [2.75, 3.05) is 0 Å². The normalized spacial score (nSPS) is 26.9. The third-order valence-corrected chi connectivity index (χ3v) is 1.24. The van der Waals surface area contributed by atoms with Crippen molar-refractivity contribution in [1.29, 1.82) is 0 Å². The van der Waals surface area contributed by atoms with Crippen LogP contribution < -0.4 is 5.32 Å². The Labute approximate surface area is 50.1 Å². The lowest BCUT2D eigenvalue weighted by atomic mass is 10.1. The first-order chi connectivity index (χ1) is 3.89. The Morgan fingerprint density at radius 2 is 2.38 bits per heavy atom. The first kappa shape index (κ1) is 5.42. The zero-order valence-corrected chi connectivity index (χ0v) is 5.09. The van der Waals surface area contributed by atoms with Gasteiger partial charge >= 0.3 is 0 Å². The van der Waals surface area contributed by atoms with Crippen LogP contribution in [0.2, 0.25) is 0 Å². The molecular weight excluding hydrogens is 98.1 g/mol. The Bertz CT molecular complexity index is 114. The maximum Gasteiger partial charge on any atom is -0.00330 e. The SMILES string of the molecule is CC1C=CNC=CC1. The summed E-state index contributed by atoms with van der Waals surface area (Å²) in [6.07, 6.45) is 9.42. The van der Waals surface area contributed by atoms with Crippen LogP contribution in [0.3, 0.4) is 0 Å². The minimum Gasteiger partial charge on any atom is -0.368 e. The average molecular weight is 109 g/mol. The van der Waals surface area contributed by atoms with E-state index in [0.717, 1.165) is 6.42 Å². The van der Waals surface area contributed by atoms with Crippen LogP contribution in [-0.4, -0.2) is 0 Å². The molecule has 1 nitrogen and oxygen atoms in total. The number of hydrogen-bond donors (Lipinski definition) is 1. The number of rotatable bonds is 0. The smallest absolute Gasteiger partial charge is 0.00330 e. The maximum atomic E-state index is 3.02. The molecule has 0 amide bonds. The highest BCUT2D eigenvalue weighted by Gasteiger charge is 1.93. The van der Waals surface area contributed by atoms with E-state index < -0.39 is 0 Å². The summed E-state index contributed by atoms with van der Waals surface area (Å²) in [5, 5.41) is 3.02. The molecule has 1 rings (SSSR count). The fourth-order valence-electron chi connectivity index (χ4n) is 0.705. The second-order valence-corrected chi connectivity index (χ2v) is 2.14. The molecule has 0 spiro atoms. The van der Waals surface area contributed by atoms with Crippen LogP contribution in [0.1, 0.15) is 13.3 Å². The van der Waals surface area contributed by atoms with Gasteiger partial charge in [-0.15, -0.1) is 0 Å². The summed E-state index contributed by atoms with van der Waals surface area (Å²) >= 11 is 0. The van der Waals surface area contributed by atoms with Crippen LogP contribution in [0.4, 0.5) is 0 Å². The van der Waals surface area contributed by atoms with Crippen LogP contribution >= 0.6 is 0 Å². The molecule has 0 aliphatic carbocycles. The van der Waals surface area contributed by atoms with Crippen LogP contribution in [0.15, 0.2) is 24.6 Å². The van der Waals surface area contributed by atoms with Crippen LogP contribution in [-0.2, 0) is 0 Å². The van der Waals surface area contributed by atoms with Crippen molar-refractivity contribution >= 4 is 0 Å². The quantitative estimate of drug-likeness (QED) is 0.498. The van der Waals surface area contributed by atoms with Gasteiger partial charge in [0.1, 0.15) is 0 Å². The molecule has 1 N–H and O–H groups in total. The zero-order chi connectivity index (χ0) is 5.82. The van der Waals surface area contributed by atoms with Gasteiger partial charge in [0, 0.05) is 0 Å². The minimum atomic E-state index is 0.696. The van der Waals surface area contributed by atoms with Gasteiger partial charge < -0.3 is 5.32 Å². The van der Waals surface area contributed by atoms with Crippen molar-refractivity contribution in [3.05, 3.63) is 24.6 Å². The lowest BCUT2D eigenvalue weighted by Gasteiger charge is -1.94. The van der Waals surface area contributed by atoms with Crippen molar-refractivity contribution in [1.82, 2.24) is 5.32 Å². The van der Waals surface area contributed by atoms with Crippen molar-refractivity contribution in [3.63, 3.8) is 0 Å². The Kier molecular flexibility index (Phi) is 1.73. The summed E-state index contributed by atoms with van der Waals surface area (Å²) in [4.78, 5) is 0. The number of allylic oxidation sites excluding steroid dienone is 2. The van der Waals surface area contributed by atoms with Crippen molar-refractivity contribution in [3.8, 4) is 0 Å². The molecule has 1 heterocycles. The summed E-state index contributed by atoms with van der Waals surface area (Å²) in [6.45, 7) is 2.20. The molecule has 1 aliphatic rings. The van der Waals surface area contributed by atoms with Gasteiger partial charge in [-0.3, -0.25) is 0 Å². The Balaban J connectivity index is 2.48. The lowest BCUT2D eigenvalue weighted by molar-refractivity contribution is 0.747. The van der Waals surface area contributed by atoms with E-state index in [-0.39, 0.29) is 0 Å². The molecule has 0 aromatic heterocycles. The molecule has 1 atom stereocenters. The van der Waals surface area contributed by atoms with Gasteiger partial charge in [0.15, 0.2) is 0 Å². The topological polar surface area (TPSA) is 12.0 Å². The fourth-order valence-corrected chi connectivity index (χ4v) is 0.705. The van der Waals surface area contributed by atoms with Crippen molar-refractivity contribution < 1.29 is 0 Å². The van der Waals surface area contributed by atoms with E-state index >= 15 is 0 Å². The summed E-state index contributed by atoms with van der Waals surface area (Å²) in [5.74, 6) is 0.696. The summed E-state index contributed by atoms with van der Waals surface area (Å²) in [7, 11) is 0. The van der Waals surface area contributed by atoms with Crippen LogP contribution in [0, 0.1) is 5.92 Å². The third kappa shape index (κ3) is 1.41. The predicted octanol–water partition coefficient (Wildman–Crippen LogP) is 1.64. The average Bonchev–Trinajstić information content (AvgIpc) is 1.94. The highest BCUT2D eigenvalue weighted by Crippen LogP contribution is 2.04. The maximum absolute atomic E-state index is 3.02. The van der Waals surface area contributed by atoms with E-state index in [1.165, 1.54) is 0 Å². The molecule has 0 radical (unpaired) electrons. The summed E-state index contributed by atoms with van der Waals surface area (Å²) in [5.41, 5.74) is 0. The van der Waals surface area contributed by atoms with Gasteiger partial charge in [0.2, 0.25) is 0 Å². The molecule has 1 heteroatoms. The van der Waals surface area contributed by atoms with E-state index in [4.69, 9.17) is 0 Å².